The third-order valence-corrected chi connectivity index (χ3v) is 4.76. The van der Waals surface area contributed by atoms with E-state index in [2.05, 4.69) is 47.7 Å². The van der Waals surface area contributed by atoms with Gasteiger partial charge in [0.05, 0.1) is 5.69 Å². The summed E-state index contributed by atoms with van der Waals surface area (Å²) in [5.41, 5.74) is 4.50. The molecule has 2 heterocycles. The fourth-order valence-corrected chi connectivity index (χ4v) is 3.61. The van der Waals surface area contributed by atoms with E-state index in [4.69, 9.17) is 0 Å². The van der Waals surface area contributed by atoms with Crippen LogP contribution in [0.2, 0.25) is 0 Å². The summed E-state index contributed by atoms with van der Waals surface area (Å²) in [6, 6.07) is 6.65. The Morgan fingerprint density at radius 3 is 3.05 bits per heavy atom. The lowest BCUT2D eigenvalue weighted by Crippen LogP contribution is -2.27. The van der Waals surface area contributed by atoms with E-state index in [9.17, 15) is 4.79 Å². The average molecular weight is 315 g/mol. The summed E-state index contributed by atoms with van der Waals surface area (Å²) in [5, 5.41) is 8.94. The Morgan fingerprint density at radius 1 is 1.45 bits per heavy atom. The van der Waals surface area contributed by atoms with E-state index in [0.29, 0.717) is 17.6 Å². The highest BCUT2D eigenvalue weighted by Crippen LogP contribution is 2.28. The van der Waals surface area contributed by atoms with Gasteiger partial charge in [0, 0.05) is 23.4 Å². The summed E-state index contributed by atoms with van der Waals surface area (Å²) < 4.78 is 0. The first-order chi connectivity index (χ1) is 10.6. The van der Waals surface area contributed by atoms with Gasteiger partial charge in [-0.15, -0.1) is 11.3 Å². The van der Waals surface area contributed by atoms with Crippen LogP contribution in [0.25, 0.3) is 11.3 Å². The zero-order valence-corrected chi connectivity index (χ0v) is 13.8. The topological polar surface area (TPSA) is 54.0 Å². The van der Waals surface area contributed by atoms with Crippen molar-refractivity contribution in [2.45, 2.75) is 39.2 Å². The zero-order valence-electron chi connectivity index (χ0n) is 13.0. The van der Waals surface area contributed by atoms with Crippen LogP contribution in [0.5, 0.6) is 0 Å². The summed E-state index contributed by atoms with van der Waals surface area (Å²) in [7, 11) is 0. The molecule has 3 rings (SSSR count). The second-order valence-electron chi connectivity index (χ2n) is 5.90. The summed E-state index contributed by atoms with van der Waals surface area (Å²) in [4.78, 5) is 16.6. The molecule has 0 spiro atoms. The number of thiazole rings is 1. The number of hydrogen-bond donors (Lipinski definition) is 2. The molecule has 2 N–H and O–H groups in total. The lowest BCUT2D eigenvalue weighted by Gasteiger charge is -2.08. The van der Waals surface area contributed by atoms with E-state index >= 15 is 0 Å². The van der Waals surface area contributed by atoms with Crippen molar-refractivity contribution >= 4 is 22.4 Å². The van der Waals surface area contributed by atoms with Crippen LogP contribution in [0.15, 0.2) is 23.6 Å². The fourth-order valence-electron chi connectivity index (χ4n) is 2.88. The highest BCUT2D eigenvalue weighted by Gasteiger charge is 2.18. The molecule has 1 amide bonds. The molecule has 22 heavy (non-hydrogen) atoms. The first-order valence-electron chi connectivity index (χ1n) is 7.68. The predicted octanol–water partition coefficient (Wildman–Crippen LogP) is 3.51. The van der Waals surface area contributed by atoms with Gasteiger partial charge in [0.25, 0.3) is 0 Å². The molecule has 1 atom stereocenters. The summed E-state index contributed by atoms with van der Waals surface area (Å²) in [5.74, 6) is 0.0425. The van der Waals surface area contributed by atoms with E-state index in [1.54, 1.807) is 0 Å². The van der Waals surface area contributed by atoms with Crippen molar-refractivity contribution in [3.8, 4) is 11.3 Å². The van der Waals surface area contributed by atoms with Crippen LogP contribution < -0.4 is 10.6 Å². The number of hydrogen-bond acceptors (Lipinski definition) is 4. The number of rotatable bonds is 4. The van der Waals surface area contributed by atoms with Crippen molar-refractivity contribution in [2.75, 3.05) is 11.9 Å². The molecule has 1 aliphatic heterocycles. The van der Waals surface area contributed by atoms with Gasteiger partial charge in [-0.2, -0.15) is 0 Å². The summed E-state index contributed by atoms with van der Waals surface area (Å²) >= 11 is 1.48. The molecule has 0 saturated carbocycles. The molecular weight excluding hydrogens is 294 g/mol. The molecule has 0 bridgehead atoms. The van der Waals surface area contributed by atoms with Crippen molar-refractivity contribution < 1.29 is 4.79 Å². The van der Waals surface area contributed by atoms with Gasteiger partial charge in [0.15, 0.2) is 5.13 Å². The first-order valence-corrected chi connectivity index (χ1v) is 8.56. The van der Waals surface area contributed by atoms with Crippen LogP contribution in [0.1, 0.15) is 30.4 Å². The van der Waals surface area contributed by atoms with Crippen molar-refractivity contribution in [3.63, 3.8) is 0 Å². The standard InChI is InChI=1S/C17H21N3OS/c1-11-5-6-14(12(2)8-11)15-10-22-17(19-15)20-16(21)9-13-4-3-7-18-13/h5-6,8,10,13,18H,3-4,7,9H2,1-2H3,(H,19,20,21). The second kappa shape index (κ2) is 6.58. The number of aromatic nitrogens is 1. The molecule has 1 saturated heterocycles. The summed E-state index contributed by atoms with van der Waals surface area (Å²) in [6.07, 6.45) is 2.77. The Morgan fingerprint density at radius 2 is 2.32 bits per heavy atom. The Balaban J connectivity index is 1.66. The molecular formula is C17H21N3OS. The zero-order chi connectivity index (χ0) is 15.5. The Hall–Kier alpha value is -1.72. The van der Waals surface area contributed by atoms with E-state index in [0.717, 1.165) is 30.6 Å². The lowest BCUT2D eigenvalue weighted by atomic mass is 10.0. The fraction of sp³-hybridized carbons (Fsp3) is 0.412. The predicted molar refractivity (Wildman–Crippen MR) is 91.3 cm³/mol. The maximum Gasteiger partial charge on any atom is 0.227 e. The Bertz CT molecular complexity index is 674. The number of aryl methyl sites for hydroxylation is 2. The van der Waals surface area contributed by atoms with Gasteiger partial charge in [-0.05, 0) is 38.8 Å². The highest BCUT2D eigenvalue weighted by atomic mass is 32.1. The van der Waals surface area contributed by atoms with Crippen molar-refractivity contribution in [1.82, 2.24) is 10.3 Å². The minimum atomic E-state index is 0.0425. The third-order valence-electron chi connectivity index (χ3n) is 4.00. The quantitative estimate of drug-likeness (QED) is 0.908. The van der Waals surface area contributed by atoms with Crippen LogP contribution in [-0.2, 0) is 4.79 Å². The first kappa shape index (κ1) is 15.2. The maximum atomic E-state index is 12.0. The molecule has 1 aliphatic rings. The van der Waals surface area contributed by atoms with Gasteiger partial charge in [0.2, 0.25) is 5.91 Å². The lowest BCUT2D eigenvalue weighted by molar-refractivity contribution is -0.116. The molecule has 5 heteroatoms. The molecule has 2 aromatic rings. The van der Waals surface area contributed by atoms with Gasteiger partial charge < -0.3 is 10.6 Å². The summed E-state index contributed by atoms with van der Waals surface area (Å²) in [6.45, 7) is 5.19. The normalized spacial score (nSPS) is 17.6. The van der Waals surface area contributed by atoms with Crippen molar-refractivity contribution in [1.29, 1.82) is 0 Å². The van der Waals surface area contributed by atoms with Gasteiger partial charge in [0.1, 0.15) is 0 Å². The number of nitrogens with one attached hydrogen (secondary N) is 2. The largest absolute Gasteiger partial charge is 0.313 e. The molecule has 1 aromatic carbocycles. The molecule has 1 fully saturated rings. The van der Waals surface area contributed by atoms with Crippen LogP contribution >= 0.6 is 11.3 Å². The minimum Gasteiger partial charge on any atom is -0.313 e. The molecule has 1 unspecified atom stereocenters. The second-order valence-corrected chi connectivity index (χ2v) is 6.76. The van der Waals surface area contributed by atoms with Crippen LogP contribution in [0.3, 0.4) is 0 Å². The minimum absolute atomic E-state index is 0.0425. The maximum absolute atomic E-state index is 12.0. The van der Waals surface area contributed by atoms with Crippen LogP contribution in [0, 0.1) is 13.8 Å². The smallest absolute Gasteiger partial charge is 0.227 e. The van der Waals surface area contributed by atoms with Gasteiger partial charge in [-0.1, -0.05) is 23.8 Å². The molecule has 0 aliphatic carbocycles. The number of carbonyl (C=O) groups excluding carboxylic acids is 1. The Labute approximate surface area is 135 Å². The highest BCUT2D eigenvalue weighted by molar-refractivity contribution is 7.14. The number of anilines is 1. The van der Waals surface area contributed by atoms with Gasteiger partial charge >= 0.3 is 0 Å². The van der Waals surface area contributed by atoms with E-state index < -0.39 is 0 Å². The molecule has 4 nitrogen and oxygen atoms in total. The third kappa shape index (κ3) is 3.54. The number of benzene rings is 1. The van der Waals surface area contributed by atoms with Gasteiger partial charge in [-0.3, -0.25) is 4.79 Å². The van der Waals surface area contributed by atoms with Gasteiger partial charge in [-0.25, -0.2) is 4.98 Å². The van der Waals surface area contributed by atoms with E-state index in [-0.39, 0.29) is 5.91 Å². The number of carbonyl (C=O) groups is 1. The van der Waals surface area contributed by atoms with E-state index in [1.807, 2.05) is 5.38 Å². The van der Waals surface area contributed by atoms with Crippen molar-refractivity contribution in [2.24, 2.45) is 0 Å². The monoisotopic (exact) mass is 315 g/mol. The van der Waals surface area contributed by atoms with Crippen LogP contribution in [-0.4, -0.2) is 23.5 Å². The average Bonchev–Trinajstić information content (AvgIpc) is 3.10. The van der Waals surface area contributed by atoms with E-state index in [1.165, 1.54) is 22.5 Å². The molecule has 0 radical (unpaired) electrons. The molecule has 1 aromatic heterocycles. The van der Waals surface area contributed by atoms with Crippen LogP contribution in [0.4, 0.5) is 5.13 Å². The number of amides is 1. The van der Waals surface area contributed by atoms with Crippen molar-refractivity contribution in [3.05, 3.63) is 34.7 Å². The number of nitrogens with zero attached hydrogens (tertiary/aromatic N) is 1. The SMILES string of the molecule is Cc1ccc(-c2csc(NC(=O)CC3CCCN3)n2)c(C)c1. The Kier molecular flexibility index (Phi) is 4.55. The molecule has 116 valence electrons.